The summed E-state index contributed by atoms with van der Waals surface area (Å²) in [5.41, 5.74) is 1.36. The summed E-state index contributed by atoms with van der Waals surface area (Å²) in [6, 6.07) is 9.32. The van der Waals surface area contributed by atoms with Gasteiger partial charge in [0.25, 0.3) is 0 Å². The SMILES string of the molecule is CCC(CCBr)NCc1ccc(I)cc1. The summed E-state index contributed by atoms with van der Waals surface area (Å²) in [6.45, 7) is 3.21. The number of hydrogen-bond donors (Lipinski definition) is 1. The first-order valence-electron chi connectivity index (χ1n) is 5.30. The molecule has 1 rings (SSSR count). The summed E-state index contributed by atoms with van der Waals surface area (Å²) in [4.78, 5) is 0. The van der Waals surface area contributed by atoms with Crippen LogP contribution in [0.3, 0.4) is 0 Å². The Morgan fingerprint density at radius 3 is 2.53 bits per heavy atom. The molecule has 1 aromatic rings. The smallest absolute Gasteiger partial charge is 0.0208 e. The third-order valence-corrected chi connectivity index (χ3v) is 3.64. The second kappa shape index (κ2) is 7.63. The van der Waals surface area contributed by atoms with Crippen LogP contribution in [0.25, 0.3) is 0 Å². The molecule has 0 heterocycles. The van der Waals surface area contributed by atoms with E-state index >= 15 is 0 Å². The van der Waals surface area contributed by atoms with E-state index in [9.17, 15) is 0 Å². The summed E-state index contributed by atoms with van der Waals surface area (Å²) < 4.78 is 1.30. The number of alkyl halides is 1. The maximum absolute atomic E-state index is 3.57. The molecule has 0 aliphatic rings. The van der Waals surface area contributed by atoms with E-state index in [0.29, 0.717) is 6.04 Å². The van der Waals surface area contributed by atoms with Gasteiger partial charge in [0.2, 0.25) is 0 Å². The molecule has 3 heteroatoms. The van der Waals surface area contributed by atoms with E-state index < -0.39 is 0 Å². The predicted octanol–water partition coefficient (Wildman–Crippen LogP) is 3.94. The molecule has 1 nitrogen and oxygen atoms in total. The molecule has 0 aromatic heterocycles. The number of halogens is 2. The number of nitrogens with one attached hydrogen (secondary N) is 1. The van der Waals surface area contributed by atoms with Gasteiger partial charge in [0, 0.05) is 21.5 Å². The van der Waals surface area contributed by atoms with E-state index in [-0.39, 0.29) is 0 Å². The molecule has 0 aliphatic heterocycles. The Morgan fingerprint density at radius 1 is 1.33 bits per heavy atom. The van der Waals surface area contributed by atoms with Crippen molar-refractivity contribution in [1.82, 2.24) is 5.32 Å². The molecule has 0 spiro atoms. The predicted molar refractivity (Wildman–Crippen MR) is 78.5 cm³/mol. The highest BCUT2D eigenvalue weighted by atomic mass is 127. The highest BCUT2D eigenvalue weighted by Gasteiger charge is 2.03. The third kappa shape index (κ3) is 5.31. The first-order valence-corrected chi connectivity index (χ1v) is 7.50. The summed E-state index contributed by atoms with van der Waals surface area (Å²) in [5.74, 6) is 0. The molecule has 84 valence electrons. The Bertz CT molecular complexity index is 273. The van der Waals surface area contributed by atoms with Crippen LogP contribution in [0.4, 0.5) is 0 Å². The molecule has 0 radical (unpaired) electrons. The monoisotopic (exact) mass is 381 g/mol. The Kier molecular flexibility index (Phi) is 6.84. The molecule has 1 unspecified atom stereocenters. The molecule has 0 saturated carbocycles. The maximum Gasteiger partial charge on any atom is 0.0208 e. The van der Waals surface area contributed by atoms with Crippen LogP contribution in [0.15, 0.2) is 24.3 Å². The van der Waals surface area contributed by atoms with Crippen LogP contribution in [0.5, 0.6) is 0 Å². The van der Waals surface area contributed by atoms with Gasteiger partial charge >= 0.3 is 0 Å². The molecule has 1 atom stereocenters. The largest absolute Gasteiger partial charge is 0.310 e. The van der Waals surface area contributed by atoms with E-state index in [0.717, 1.165) is 11.9 Å². The molecule has 0 bridgehead atoms. The first-order chi connectivity index (χ1) is 7.26. The molecule has 1 aromatic carbocycles. The van der Waals surface area contributed by atoms with Crippen molar-refractivity contribution in [2.45, 2.75) is 32.4 Å². The molecular weight excluding hydrogens is 365 g/mol. The van der Waals surface area contributed by atoms with Crippen LogP contribution in [-0.2, 0) is 6.54 Å². The Hall–Kier alpha value is 0.390. The summed E-state index contributed by atoms with van der Waals surface area (Å²) in [6.07, 6.45) is 2.39. The van der Waals surface area contributed by atoms with Gasteiger partial charge in [-0.15, -0.1) is 0 Å². The minimum Gasteiger partial charge on any atom is -0.310 e. The fourth-order valence-corrected chi connectivity index (χ4v) is 2.36. The van der Waals surface area contributed by atoms with E-state index in [1.54, 1.807) is 0 Å². The quantitative estimate of drug-likeness (QED) is 0.581. The van der Waals surface area contributed by atoms with E-state index in [1.165, 1.54) is 22.0 Å². The zero-order valence-electron chi connectivity index (χ0n) is 8.97. The highest BCUT2D eigenvalue weighted by Crippen LogP contribution is 2.08. The number of rotatable bonds is 6. The molecule has 0 fully saturated rings. The topological polar surface area (TPSA) is 12.0 Å². The van der Waals surface area contributed by atoms with Gasteiger partial charge < -0.3 is 5.32 Å². The van der Waals surface area contributed by atoms with Crippen LogP contribution < -0.4 is 5.32 Å². The van der Waals surface area contributed by atoms with Crippen LogP contribution >= 0.6 is 38.5 Å². The van der Waals surface area contributed by atoms with Crippen LogP contribution in [0, 0.1) is 3.57 Å². The van der Waals surface area contributed by atoms with Crippen LogP contribution in [-0.4, -0.2) is 11.4 Å². The lowest BCUT2D eigenvalue weighted by atomic mass is 10.1. The average molecular weight is 382 g/mol. The molecule has 1 N–H and O–H groups in total. The van der Waals surface area contributed by atoms with Crippen molar-refractivity contribution in [3.63, 3.8) is 0 Å². The highest BCUT2D eigenvalue weighted by molar-refractivity contribution is 14.1. The molecule has 15 heavy (non-hydrogen) atoms. The van der Waals surface area contributed by atoms with Gasteiger partial charge in [-0.05, 0) is 53.1 Å². The van der Waals surface area contributed by atoms with E-state index in [4.69, 9.17) is 0 Å². The first kappa shape index (κ1) is 13.5. The molecular formula is C12H17BrIN. The normalized spacial score (nSPS) is 12.7. The lowest BCUT2D eigenvalue weighted by Crippen LogP contribution is -2.28. The molecule has 0 saturated heterocycles. The summed E-state index contributed by atoms with van der Waals surface area (Å²) >= 11 is 5.82. The fraction of sp³-hybridized carbons (Fsp3) is 0.500. The molecule has 0 amide bonds. The van der Waals surface area contributed by atoms with E-state index in [2.05, 4.69) is 75.0 Å². The van der Waals surface area contributed by atoms with Crippen LogP contribution in [0.1, 0.15) is 25.3 Å². The van der Waals surface area contributed by atoms with Gasteiger partial charge in [-0.25, -0.2) is 0 Å². The third-order valence-electron chi connectivity index (χ3n) is 2.46. The van der Waals surface area contributed by atoms with Gasteiger partial charge in [0.15, 0.2) is 0 Å². The van der Waals surface area contributed by atoms with Crippen molar-refractivity contribution in [2.24, 2.45) is 0 Å². The van der Waals surface area contributed by atoms with Gasteiger partial charge in [-0.2, -0.15) is 0 Å². The van der Waals surface area contributed by atoms with Gasteiger partial charge in [-0.3, -0.25) is 0 Å². The fourth-order valence-electron chi connectivity index (χ4n) is 1.45. The number of hydrogen-bond acceptors (Lipinski definition) is 1. The van der Waals surface area contributed by atoms with Crippen molar-refractivity contribution in [1.29, 1.82) is 0 Å². The summed E-state index contributed by atoms with van der Waals surface area (Å²) in [5, 5.41) is 4.65. The Balaban J connectivity index is 2.38. The van der Waals surface area contributed by atoms with Crippen molar-refractivity contribution in [2.75, 3.05) is 5.33 Å². The zero-order valence-corrected chi connectivity index (χ0v) is 12.7. The lowest BCUT2D eigenvalue weighted by molar-refractivity contribution is 0.488. The summed E-state index contributed by atoms with van der Waals surface area (Å²) in [7, 11) is 0. The minimum atomic E-state index is 0.628. The Morgan fingerprint density at radius 2 is 2.00 bits per heavy atom. The van der Waals surface area contributed by atoms with Gasteiger partial charge in [0.05, 0.1) is 0 Å². The lowest BCUT2D eigenvalue weighted by Gasteiger charge is -2.15. The van der Waals surface area contributed by atoms with Crippen molar-refractivity contribution in [3.05, 3.63) is 33.4 Å². The molecule has 0 aliphatic carbocycles. The minimum absolute atomic E-state index is 0.628. The second-order valence-corrected chi connectivity index (χ2v) is 5.63. The second-order valence-electron chi connectivity index (χ2n) is 3.59. The standard InChI is InChI=1S/C12H17BrIN/c1-2-12(7-8-13)15-9-10-3-5-11(14)6-4-10/h3-6,12,15H,2,7-9H2,1H3. The Labute approximate surface area is 114 Å². The van der Waals surface area contributed by atoms with Crippen molar-refractivity contribution < 1.29 is 0 Å². The zero-order chi connectivity index (χ0) is 11.1. The van der Waals surface area contributed by atoms with Crippen molar-refractivity contribution in [3.8, 4) is 0 Å². The van der Waals surface area contributed by atoms with Crippen LogP contribution in [0.2, 0.25) is 0 Å². The van der Waals surface area contributed by atoms with E-state index in [1.807, 2.05) is 0 Å². The van der Waals surface area contributed by atoms with Crippen molar-refractivity contribution >= 4 is 38.5 Å². The van der Waals surface area contributed by atoms with Gasteiger partial charge in [0.1, 0.15) is 0 Å². The maximum atomic E-state index is 3.57. The number of benzene rings is 1. The average Bonchev–Trinajstić information content (AvgIpc) is 2.26. The van der Waals surface area contributed by atoms with Gasteiger partial charge in [-0.1, -0.05) is 35.0 Å².